The van der Waals surface area contributed by atoms with Crippen LogP contribution in [-0.2, 0) is 4.79 Å². The molecule has 0 saturated heterocycles. The van der Waals surface area contributed by atoms with Crippen molar-refractivity contribution in [3.63, 3.8) is 0 Å². The molecule has 132 valence electrons. The maximum Gasteiger partial charge on any atom is 0.262 e. The van der Waals surface area contributed by atoms with Gasteiger partial charge in [0, 0.05) is 10.7 Å². The molecule has 3 rings (SSSR count). The largest absolute Gasteiger partial charge is 0.484 e. The van der Waals surface area contributed by atoms with E-state index in [1.807, 2.05) is 43.3 Å². The summed E-state index contributed by atoms with van der Waals surface area (Å²) in [7, 11) is 0. The number of amides is 1. The van der Waals surface area contributed by atoms with Gasteiger partial charge in [-0.15, -0.1) is 0 Å². The van der Waals surface area contributed by atoms with E-state index in [1.165, 1.54) is 0 Å². The molecule has 3 aromatic rings. The number of para-hydroxylation sites is 1. The third-order valence-corrected chi connectivity index (χ3v) is 3.86. The Bertz CT molecular complexity index is 883. The lowest BCUT2D eigenvalue weighted by Crippen LogP contribution is -2.20. The Morgan fingerprint density at radius 1 is 1.12 bits per heavy atom. The van der Waals surface area contributed by atoms with Crippen LogP contribution in [0.2, 0.25) is 5.02 Å². The summed E-state index contributed by atoms with van der Waals surface area (Å²) in [4.78, 5) is 16.3. The van der Waals surface area contributed by atoms with Crippen LogP contribution in [0.15, 0.2) is 66.9 Å². The number of hydrogen-bond donors (Lipinski definition) is 2. The highest BCUT2D eigenvalue weighted by Gasteiger charge is 2.05. The zero-order valence-electron chi connectivity index (χ0n) is 14.2. The normalized spacial score (nSPS) is 10.2. The van der Waals surface area contributed by atoms with E-state index in [9.17, 15) is 4.79 Å². The molecule has 0 aliphatic heterocycles. The number of aromatic nitrogens is 1. The first-order valence-corrected chi connectivity index (χ1v) is 8.45. The van der Waals surface area contributed by atoms with Crippen molar-refractivity contribution in [3.05, 3.63) is 77.4 Å². The van der Waals surface area contributed by atoms with Crippen LogP contribution in [0.3, 0.4) is 0 Å². The van der Waals surface area contributed by atoms with Gasteiger partial charge >= 0.3 is 0 Å². The lowest BCUT2D eigenvalue weighted by molar-refractivity contribution is -0.118. The van der Waals surface area contributed by atoms with Gasteiger partial charge in [0.15, 0.2) is 6.61 Å². The van der Waals surface area contributed by atoms with E-state index >= 15 is 0 Å². The molecule has 0 spiro atoms. The van der Waals surface area contributed by atoms with Gasteiger partial charge in [-0.25, -0.2) is 4.98 Å². The molecule has 6 heteroatoms. The number of aryl methyl sites for hydroxylation is 1. The fraction of sp³-hybridized carbons (Fsp3) is 0.100. The zero-order valence-corrected chi connectivity index (χ0v) is 15.0. The minimum atomic E-state index is -0.248. The quantitative estimate of drug-likeness (QED) is 0.656. The lowest BCUT2D eigenvalue weighted by atomic mass is 10.2. The Kier molecular flexibility index (Phi) is 5.71. The molecule has 2 aromatic carbocycles. The van der Waals surface area contributed by atoms with Gasteiger partial charge in [-0.3, -0.25) is 4.79 Å². The van der Waals surface area contributed by atoms with Crippen molar-refractivity contribution < 1.29 is 9.53 Å². The number of ether oxygens (including phenoxy) is 1. The van der Waals surface area contributed by atoms with Crippen LogP contribution in [-0.4, -0.2) is 17.5 Å². The van der Waals surface area contributed by atoms with E-state index < -0.39 is 0 Å². The van der Waals surface area contributed by atoms with Crippen LogP contribution in [0.1, 0.15) is 5.56 Å². The van der Waals surface area contributed by atoms with Crippen LogP contribution in [0, 0.1) is 6.92 Å². The van der Waals surface area contributed by atoms with Crippen LogP contribution >= 0.6 is 11.6 Å². The van der Waals surface area contributed by atoms with Crippen molar-refractivity contribution in [2.75, 3.05) is 17.2 Å². The lowest BCUT2D eigenvalue weighted by Gasteiger charge is -2.10. The highest BCUT2D eigenvalue weighted by molar-refractivity contribution is 6.30. The predicted octanol–water partition coefficient (Wildman–Crippen LogP) is 4.80. The molecule has 1 amide bonds. The second kappa shape index (κ2) is 8.36. The van der Waals surface area contributed by atoms with E-state index in [0.717, 1.165) is 11.3 Å². The maximum absolute atomic E-state index is 11.9. The summed E-state index contributed by atoms with van der Waals surface area (Å²) in [6.45, 7) is 1.92. The minimum Gasteiger partial charge on any atom is -0.484 e. The van der Waals surface area contributed by atoms with Gasteiger partial charge in [0.1, 0.15) is 11.6 Å². The zero-order chi connectivity index (χ0) is 18.4. The smallest absolute Gasteiger partial charge is 0.262 e. The Balaban J connectivity index is 1.55. The number of benzene rings is 2. The Hall–Kier alpha value is -3.05. The van der Waals surface area contributed by atoms with Crippen LogP contribution < -0.4 is 15.4 Å². The van der Waals surface area contributed by atoms with Crippen LogP contribution in [0.25, 0.3) is 0 Å². The third-order valence-electron chi connectivity index (χ3n) is 3.62. The molecule has 0 aliphatic carbocycles. The molecule has 26 heavy (non-hydrogen) atoms. The van der Waals surface area contributed by atoms with Crippen molar-refractivity contribution in [3.8, 4) is 5.75 Å². The molecular formula is C20H18ClN3O2. The Morgan fingerprint density at radius 3 is 2.65 bits per heavy atom. The van der Waals surface area contributed by atoms with E-state index in [1.54, 1.807) is 30.5 Å². The van der Waals surface area contributed by atoms with Crippen molar-refractivity contribution in [1.82, 2.24) is 4.98 Å². The number of anilines is 3. The van der Waals surface area contributed by atoms with Gasteiger partial charge in [-0.05, 0) is 48.9 Å². The molecule has 0 radical (unpaired) electrons. The molecule has 0 unspecified atom stereocenters. The van der Waals surface area contributed by atoms with Gasteiger partial charge in [-0.1, -0.05) is 35.9 Å². The number of nitrogens with zero attached hydrogens (tertiary/aromatic N) is 1. The number of halogens is 1. The van der Waals surface area contributed by atoms with Gasteiger partial charge in [-0.2, -0.15) is 0 Å². The summed E-state index contributed by atoms with van der Waals surface area (Å²) in [5.74, 6) is 1.06. The molecule has 1 heterocycles. The van der Waals surface area contributed by atoms with Crippen molar-refractivity contribution in [1.29, 1.82) is 0 Å². The molecule has 5 nitrogen and oxygen atoms in total. The molecule has 0 aliphatic rings. The van der Waals surface area contributed by atoms with Crippen LogP contribution in [0.5, 0.6) is 5.75 Å². The third kappa shape index (κ3) is 4.97. The van der Waals surface area contributed by atoms with Gasteiger partial charge in [0.25, 0.3) is 5.91 Å². The second-order valence-corrected chi connectivity index (χ2v) is 6.10. The van der Waals surface area contributed by atoms with Crippen molar-refractivity contribution >= 4 is 34.7 Å². The van der Waals surface area contributed by atoms with Crippen molar-refractivity contribution in [2.45, 2.75) is 6.92 Å². The topological polar surface area (TPSA) is 63.2 Å². The first-order chi connectivity index (χ1) is 12.6. The first-order valence-electron chi connectivity index (χ1n) is 8.07. The average molecular weight is 368 g/mol. The summed E-state index contributed by atoms with van der Waals surface area (Å²) in [6, 6.07) is 18.4. The highest BCUT2D eigenvalue weighted by atomic mass is 35.5. The minimum absolute atomic E-state index is 0.0638. The Labute approximate surface area is 157 Å². The number of carbonyl (C=O) groups excluding carboxylic acids is 1. The first kappa shape index (κ1) is 17.8. The molecule has 1 aromatic heterocycles. The fourth-order valence-corrected chi connectivity index (χ4v) is 2.44. The monoisotopic (exact) mass is 367 g/mol. The number of hydrogen-bond acceptors (Lipinski definition) is 4. The number of pyridine rings is 1. The highest BCUT2D eigenvalue weighted by Crippen LogP contribution is 2.23. The Morgan fingerprint density at radius 2 is 1.92 bits per heavy atom. The molecule has 0 bridgehead atoms. The van der Waals surface area contributed by atoms with Gasteiger partial charge in [0.05, 0.1) is 11.9 Å². The summed E-state index contributed by atoms with van der Waals surface area (Å²) in [5.41, 5.74) is 2.55. The summed E-state index contributed by atoms with van der Waals surface area (Å²) in [6.07, 6.45) is 1.59. The van der Waals surface area contributed by atoms with E-state index in [4.69, 9.17) is 16.3 Å². The average Bonchev–Trinajstić information content (AvgIpc) is 2.65. The molecule has 0 fully saturated rings. The second-order valence-electron chi connectivity index (χ2n) is 5.67. The molecule has 0 atom stereocenters. The van der Waals surface area contributed by atoms with E-state index in [0.29, 0.717) is 22.3 Å². The summed E-state index contributed by atoms with van der Waals surface area (Å²) < 4.78 is 5.41. The fourth-order valence-electron chi connectivity index (χ4n) is 2.27. The van der Waals surface area contributed by atoms with Gasteiger partial charge < -0.3 is 15.4 Å². The standard InChI is InChI=1S/C20H18ClN3O2/c1-14-7-8-15(21)11-18(14)24-19-10-9-16(12-22-19)23-20(25)13-26-17-5-3-2-4-6-17/h2-12H,13H2,1H3,(H,22,24)(H,23,25). The maximum atomic E-state index is 11.9. The van der Waals surface area contributed by atoms with Crippen molar-refractivity contribution in [2.24, 2.45) is 0 Å². The van der Waals surface area contributed by atoms with Gasteiger partial charge in [0.2, 0.25) is 0 Å². The summed E-state index contributed by atoms with van der Waals surface area (Å²) in [5, 5.41) is 6.61. The number of carbonyl (C=O) groups is 1. The number of rotatable bonds is 6. The van der Waals surface area contributed by atoms with E-state index in [2.05, 4.69) is 15.6 Å². The van der Waals surface area contributed by atoms with Crippen LogP contribution in [0.4, 0.5) is 17.2 Å². The SMILES string of the molecule is Cc1ccc(Cl)cc1Nc1ccc(NC(=O)COc2ccccc2)cn1. The molecule has 0 saturated carbocycles. The molecular weight excluding hydrogens is 350 g/mol. The molecule has 2 N–H and O–H groups in total. The number of nitrogens with one attached hydrogen (secondary N) is 2. The van der Waals surface area contributed by atoms with E-state index in [-0.39, 0.29) is 12.5 Å². The summed E-state index contributed by atoms with van der Waals surface area (Å²) >= 11 is 6.02. The predicted molar refractivity (Wildman–Crippen MR) is 104 cm³/mol.